The van der Waals surface area contributed by atoms with Crippen LogP contribution in [0.3, 0.4) is 0 Å². The normalized spacial score (nSPS) is 21.7. The van der Waals surface area contributed by atoms with Crippen molar-refractivity contribution >= 4 is 17.7 Å². The number of nitrogens with zero attached hydrogens (tertiary/aromatic N) is 2. The van der Waals surface area contributed by atoms with Gasteiger partial charge < -0.3 is 9.73 Å². The largest absolute Gasteiger partial charge is 0.411 e. The van der Waals surface area contributed by atoms with E-state index in [0.29, 0.717) is 17.0 Å². The molecule has 1 aliphatic rings. The quantitative estimate of drug-likeness (QED) is 0.810. The zero-order valence-electron chi connectivity index (χ0n) is 15.0. The summed E-state index contributed by atoms with van der Waals surface area (Å²) in [5.74, 6) is 1.08. The van der Waals surface area contributed by atoms with Crippen LogP contribution in [0.2, 0.25) is 0 Å². The van der Waals surface area contributed by atoms with Crippen molar-refractivity contribution in [1.82, 2.24) is 15.5 Å². The van der Waals surface area contributed by atoms with Gasteiger partial charge in [0, 0.05) is 11.6 Å². The topological polar surface area (TPSA) is 68.0 Å². The van der Waals surface area contributed by atoms with Gasteiger partial charge in [0.25, 0.3) is 5.22 Å². The number of hydrogen-bond donors (Lipinski definition) is 1. The van der Waals surface area contributed by atoms with Crippen LogP contribution in [-0.2, 0) is 4.79 Å². The maximum absolute atomic E-state index is 12.5. The van der Waals surface area contributed by atoms with Gasteiger partial charge in [-0.25, -0.2) is 0 Å². The van der Waals surface area contributed by atoms with Gasteiger partial charge in [-0.1, -0.05) is 49.7 Å². The van der Waals surface area contributed by atoms with Gasteiger partial charge >= 0.3 is 0 Å². The predicted molar refractivity (Wildman–Crippen MR) is 99.4 cm³/mol. The minimum atomic E-state index is -0.265. The van der Waals surface area contributed by atoms with E-state index in [4.69, 9.17) is 4.42 Å². The molecule has 134 valence electrons. The Balaban J connectivity index is 1.60. The van der Waals surface area contributed by atoms with Gasteiger partial charge in [-0.3, -0.25) is 4.79 Å². The van der Waals surface area contributed by atoms with E-state index in [1.807, 2.05) is 38.1 Å². The number of thioether (sulfide) groups is 1. The number of aryl methyl sites for hydroxylation is 1. The monoisotopic (exact) mass is 359 g/mol. The molecule has 1 saturated carbocycles. The molecule has 0 radical (unpaired) electrons. The average Bonchev–Trinajstić information content (AvgIpc) is 3.05. The first kappa shape index (κ1) is 18.0. The molecule has 1 aromatic heterocycles. The third-order valence-electron chi connectivity index (χ3n) is 4.87. The number of amides is 1. The SMILES string of the molecule is Cc1ccccc1-c1nnc(S[C@@H](C)C(=O)N[C@H]2CCCC[C@@H]2C)o1. The fraction of sp³-hybridized carbons (Fsp3) is 0.526. The van der Waals surface area contributed by atoms with Crippen molar-refractivity contribution in [2.24, 2.45) is 5.92 Å². The van der Waals surface area contributed by atoms with Crippen LogP contribution in [0.25, 0.3) is 11.5 Å². The number of carbonyl (C=O) groups is 1. The lowest BCUT2D eigenvalue weighted by molar-refractivity contribution is -0.121. The van der Waals surface area contributed by atoms with Crippen LogP contribution in [-0.4, -0.2) is 27.4 Å². The van der Waals surface area contributed by atoms with Crippen LogP contribution < -0.4 is 5.32 Å². The Morgan fingerprint density at radius 2 is 2.04 bits per heavy atom. The van der Waals surface area contributed by atoms with Crippen LogP contribution in [0.1, 0.15) is 45.1 Å². The molecule has 5 nitrogen and oxygen atoms in total. The molecule has 25 heavy (non-hydrogen) atoms. The molecule has 3 rings (SSSR count). The first-order valence-corrected chi connectivity index (χ1v) is 9.79. The second-order valence-corrected chi connectivity index (χ2v) is 8.12. The molecule has 1 aliphatic carbocycles. The first-order valence-electron chi connectivity index (χ1n) is 8.91. The highest BCUT2D eigenvalue weighted by Crippen LogP contribution is 2.29. The van der Waals surface area contributed by atoms with Crippen molar-refractivity contribution < 1.29 is 9.21 Å². The van der Waals surface area contributed by atoms with E-state index < -0.39 is 0 Å². The van der Waals surface area contributed by atoms with Gasteiger partial charge in [-0.05, 0) is 44.2 Å². The van der Waals surface area contributed by atoms with E-state index in [9.17, 15) is 4.79 Å². The summed E-state index contributed by atoms with van der Waals surface area (Å²) in [5.41, 5.74) is 2.01. The number of hydrogen-bond acceptors (Lipinski definition) is 5. The Morgan fingerprint density at radius 1 is 1.28 bits per heavy atom. The third kappa shape index (κ3) is 4.42. The molecule has 6 heteroatoms. The Labute approximate surface area is 153 Å². The molecule has 0 spiro atoms. The molecule has 3 atom stereocenters. The predicted octanol–water partition coefficient (Wildman–Crippen LogP) is 4.22. The molecular weight excluding hydrogens is 334 g/mol. The highest BCUT2D eigenvalue weighted by molar-refractivity contribution is 8.00. The maximum Gasteiger partial charge on any atom is 0.277 e. The summed E-state index contributed by atoms with van der Waals surface area (Å²) in [7, 11) is 0. The van der Waals surface area contributed by atoms with E-state index in [-0.39, 0.29) is 17.2 Å². The fourth-order valence-corrected chi connectivity index (χ4v) is 3.91. The van der Waals surface area contributed by atoms with Gasteiger partial charge in [0.15, 0.2) is 0 Å². The summed E-state index contributed by atoms with van der Waals surface area (Å²) in [6.07, 6.45) is 4.72. The zero-order valence-corrected chi connectivity index (χ0v) is 15.8. The van der Waals surface area contributed by atoms with Crippen LogP contribution >= 0.6 is 11.8 Å². The summed E-state index contributed by atoms with van der Waals surface area (Å²) in [5, 5.41) is 11.6. The van der Waals surface area contributed by atoms with Crippen molar-refractivity contribution in [1.29, 1.82) is 0 Å². The number of rotatable bonds is 5. The van der Waals surface area contributed by atoms with E-state index >= 15 is 0 Å². The number of benzene rings is 1. The molecule has 2 aromatic rings. The van der Waals surface area contributed by atoms with Crippen molar-refractivity contribution in [2.75, 3.05) is 0 Å². The minimum Gasteiger partial charge on any atom is -0.411 e. The lowest BCUT2D eigenvalue weighted by atomic mass is 9.86. The number of carbonyl (C=O) groups excluding carboxylic acids is 1. The molecule has 1 aromatic carbocycles. The molecule has 1 amide bonds. The average molecular weight is 359 g/mol. The Morgan fingerprint density at radius 3 is 2.80 bits per heavy atom. The lowest BCUT2D eigenvalue weighted by Crippen LogP contribution is -2.44. The second kappa shape index (κ2) is 8.04. The standard InChI is InChI=1S/C19H25N3O2S/c1-12-8-4-6-10-15(12)18-21-22-19(24-18)25-14(3)17(23)20-16-11-7-5-9-13(16)2/h4,6,8,10,13-14,16H,5,7,9,11H2,1-3H3,(H,20,23)/t13-,14-,16-/m0/s1. The molecular formula is C19H25N3O2S. The van der Waals surface area contributed by atoms with Crippen molar-refractivity contribution in [3.63, 3.8) is 0 Å². The van der Waals surface area contributed by atoms with Crippen molar-refractivity contribution in [2.45, 2.75) is 63.0 Å². The minimum absolute atomic E-state index is 0.0411. The van der Waals surface area contributed by atoms with Gasteiger partial charge in [0.1, 0.15) is 0 Å². The summed E-state index contributed by atoms with van der Waals surface area (Å²) >= 11 is 1.31. The molecule has 0 aliphatic heterocycles. The Kier molecular flexibility index (Phi) is 5.78. The van der Waals surface area contributed by atoms with Crippen molar-refractivity contribution in [3.8, 4) is 11.5 Å². The van der Waals surface area contributed by atoms with Crippen molar-refractivity contribution in [3.05, 3.63) is 29.8 Å². The van der Waals surface area contributed by atoms with Crippen LogP contribution in [0, 0.1) is 12.8 Å². The van der Waals surface area contributed by atoms with E-state index in [0.717, 1.165) is 17.5 Å². The summed E-state index contributed by atoms with van der Waals surface area (Å²) < 4.78 is 5.74. The highest BCUT2D eigenvalue weighted by Gasteiger charge is 2.26. The van der Waals surface area contributed by atoms with Crippen LogP contribution in [0.5, 0.6) is 0 Å². The van der Waals surface area contributed by atoms with Gasteiger partial charge in [-0.2, -0.15) is 0 Å². The summed E-state index contributed by atoms with van der Waals surface area (Å²) in [6.45, 7) is 6.10. The summed E-state index contributed by atoms with van der Waals surface area (Å²) in [6, 6.07) is 8.17. The molecule has 1 heterocycles. The van der Waals surface area contributed by atoms with Gasteiger partial charge in [-0.15, -0.1) is 10.2 Å². The smallest absolute Gasteiger partial charge is 0.277 e. The van der Waals surface area contributed by atoms with E-state index in [1.165, 1.54) is 31.0 Å². The molecule has 0 saturated heterocycles. The van der Waals surface area contributed by atoms with Gasteiger partial charge in [0.2, 0.25) is 11.8 Å². The molecule has 1 fully saturated rings. The van der Waals surface area contributed by atoms with E-state index in [1.54, 1.807) is 0 Å². The zero-order chi connectivity index (χ0) is 17.8. The van der Waals surface area contributed by atoms with Crippen LogP contribution in [0.15, 0.2) is 33.9 Å². The van der Waals surface area contributed by atoms with Gasteiger partial charge in [0.05, 0.1) is 5.25 Å². The molecule has 0 unspecified atom stereocenters. The molecule has 1 N–H and O–H groups in total. The third-order valence-corrected chi connectivity index (χ3v) is 5.80. The highest BCUT2D eigenvalue weighted by atomic mass is 32.2. The summed E-state index contributed by atoms with van der Waals surface area (Å²) in [4.78, 5) is 12.5. The number of aromatic nitrogens is 2. The maximum atomic E-state index is 12.5. The lowest BCUT2D eigenvalue weighted by Gasteiger charge is -2.30. The molecule has 0 bridgehead atoms. The Hall–Kier alpha value is -1.82. The second-order valence-electron chi connectivity index (χ2n) is 6.82. The Bertz CT molecular complexity index is 731. The first-order chi connectivity index (χ1) is 12.0. The fourth-order valence-electron chi connectivity index (χ4n) is 3.21. The number of nitrogens with one attached hydrogen (secondary N) is 1. The van der Waals surface area contributed by atoms with E-state index in [2.05, 4.69) is 22.4 Å². The van der Waals surface area contributed by atoms with Crippen LogP contribution in [0.4, 0.5) is 0 Å².